The number of nitrogens with two attached hydrogens (primary N) is 2. The van der Waals surface area contributed by atoms with Gasteiger partial charge in [0.25, 0.3) is 0 Å². The zero-order valence-electron chi connectivity index (χ0n) is 7.61. The molecule has 80 valence electrons. The van der Waals surface area contributed by atoms with Gasteiger partial charge in [0, 0.05) is 0 Å². The van der Waals surface area contributed by atoms with E-state index in [1.54, 1.807) is 18.2 Å². The summed E-state index contributed by atoms with van der Waals surface area (Å²) in [5.74, 6) is 5.04. The Kier molecular flexibility index (Phi) is 4.36. The lowest BCUT2D eigenvalue weighted by Gasteiger charge is -1.98. The number of halogens is 2. The third-order valence-electron chi connectivity index (χ3n) is 1.47. The molecule has 0 atom stereocenters. The summed E-state index contributed by atoms with van der Waals surface area (Å²) in [4.78, 5) is 7.62. The normalized spacial score (nSPS) is 12.1. The standard InChI is InChI=1S/C8H9Cl2N5/c9-5-2-1-3-6(7(5)10)13-4-14-8(11)15-12/h1-4H,12H2,(H3,11,13,14,15). The number of guanidine groups is 1. The first kappa shape index (κ1) is 11.8. The highest BCUT2D eigenvalue weighted by Gasteiger charge is 2.01. The van der Waals surface area contributed by atoms with Crippen LogP contribution in [0, 0.1) is 0 Å². The Hall–Kier alpha value is -1.30. The quantitative estimate of drug-likeness (QED) is 0.319. The van der Waals surface area contributed by atoms with Crippen molar-refractivity contribution in [1.82, 2.24) is 5.43 Å². The number of nitrogens with one attached hydrogen (secondary N) is 1. The molecule has 0 bridgehead atoms. The molecule has 0 radical (unpaired) electrons. The van der Waals surface area contributed by atoms with Crippen LogP contribution < -0.4 is 17.0 Å². The fourth-order valence-electron chi connectivity index (χ4n) is 0.783. The van der Waals surface area contributed by atoms with Gasteiger partial charge in [0.1, 0.15) is 6.34 Å². The van der Waals surface area contributed by atoms with Gasteiger partial charge in [-0.25, -0.2) is 15.8 Å². The Morgan fingerprint density at radius 3 is 2.80 bits per heavy atom. The molecule has 0 aliphatic rings. The minimum Gasteiger partial charge on any atom is -0.369 e. The molecule has 15 heavy (non-hydrogen) atoms. The molecule has 0 spiro atoms. The van der Waals surface area contributed by atoms with Gasteiger partial charge >= 0.3 is 0 Å². The van der Waals surface area contributed by atoms with Gasteiger partial charge in [-0.15, -0.1) is 0 Å². The van der Waals surface area contributed by atoms with Crippen molar-refractivity contribution in [2.45, 2.75) is 0 Å². The van der Waals surface area contributed by atoms with Gasteiger partial charge in [0.2, 0.25) is 5.96 Å². The van der Waals surface area contributed by atoms with E-state index in [0.29, 0.717) is 15.7 Å². The molecule has 0 unspecified atom stereocenters. The summed E-state index contributed by atoms with van der Waals surface area (Å²) in [6.07, 6.45) is 1.23. The van der Waals surface area contributed by atoms with Crippen LogP contribution >= 0.6 is 23.2 Å². The van der Waals surface area contributed by atoms with Crippen molar-refractivity contribution in [1.29, 1.82) is 0 Å². The summed E-state index contributed by atoms with van der Waals surface area (Å²) in [5.41, 5.74) is 7.94. The molecule has 0 saturated heterocycles. The minimum atomic E-state index is 0.0527. The monoisotopic (exact) mass is 245 g/mol. The second kappa shape index (κ2) is 5.55. The van der Waals surface area contributed by atoms with Gasteiger partial charge in [-0.05, 0) is 12.1 Å². The molecule has 7 heteroatoms. The van der Waals surface area contributed by atoms with Crippen molar-refractivity contribution < 1.29 is 0 Å². The first-order valence-electron chi connectivity index (χ1n) is 3.91. The predicted octanol–water partition coefficient (Wildman–Crippen LogP) is 1.43. The molecule has 1 aromatic rings. The highest BCUT2D eigenvalue weighted by Crippen LogP contribution is 2.31. The van der Waals surface area contributed by atoms with Gasteiger partial charge in [-0.3, -0.25) is 5.43 Å². The van der Waals surface area contributed by atoms with E-state index in [-0.39, 0.29) is 5.96 Å². The van der Waals surface area contributed by atoms with Crippen LogP contribution in [-0.2, 0) is 0 Å². The number of aliphatic imine (C=N–C) groups is 2. The molecule has 0 aliphatic heterocycles. The van der Waals surface area contributed by atoms with Gasteiger partial charge in [-0.1, -0.05) is 29.3 Å². The van der Waals surface area contributed by atoms with Crippen molar-refractivity contribution in [2.75, 3.05) is 0 Å². The van der Waals surface area contributed by atoms with Crippen molar-refractivity contribution in [3.63, 3.8) is 0 Å². The average Bonchev–Trinajstić information content (AvgIpc) is 2.24. The van der Waals surface area contributed by atoms with E-state index in [0.717, 1.165) is 0 Å². The molecule has 0 aliphatic carbocycles. The Bertz CT molecular complexity index is 402. The number of hydrogen-bond acceptors (Lipinski definition) is 2. The molecule has 5 nitrogen and oxygen atoms in total. The third kappa shape index (κ3) is 3.39. The summed E-state index contributed by atoms with van der Waals surface area (Å²) in [5, 5.41) is 0.796. The maximum absolute atomic E-state index is 5.88. The zero-order chi connectivity index (χ0) is 11.3. The summed E-state index contributed by atoms with van der Waals surface area (Å²) in [7, 11) is 0. The second-order valence-corrected chi connectivity index (χ2v) is 3.26. The van der Waals surface area contributed by atoms with E-state index in [2.05, 4.69) is 15.4 Å². The first-order valence-corrected chi connectivity index (χ1v) is 4.67. The second-order valence-electron chi connectivity index (χ2n) is 2.48. The highest BCUT2D eigenvalue weighted by atomic mass is 35.5. The van der Waals surface area contributed by atoms with Crippen LogP contribution in [0.15, 0.2) is 28.2 Å². The maximum atomic E-state index is 5.88. The molecule has 0 fully saturated rings. The summed E-state index contributed by atoms with van der Waals surface area (Å²) in [6, 6.07) is 5.10. The fourth-order valence-corrected chi connectivity index (χ4v) is 1.13. The molecule has 1 aromatic carbocycles. The van der Waals surface area contributed by atoms with Crippen LogP contribution in [0.1, 0.15) is 0 Å². The fraction of sp³-hybridized carbons (Fsp3) is 0. The van der Waals surface area contributed by atoms with Crippen LogP contribution in [-0.4, -0.2) is 12.3 Å². The van der Waals surface area contributed by atoms with E-state index in [4.69, 9.17) is 34.8 Å². The Morgan fingerprint density at radius 2 is 2.13 bits per heavy atom. The number of hydrogen-bond donors (Lipinski definition) is 3. The largest absolute Gasteiger partial charge is 0.369 e. The molecule has 0 saturated carbocycles. The van der Waals surface area contributed by atoms with Crippen molar-refractivity contribution in [3.05, 3.63) is 28.2 Å². The van der Waals surface area contributed by atoms with Gasteiger partial charge < -0.3 is 5.73 Å². The average molecular weight is 246 g/mol. The number of benzene rings is 1. The number of nitrogens with zero attached hydrogens (tertiary/aromatic N) is 2. The van der Waals surface area contributed by atoms with E-state index < -0.39 is 0 Å². The summed E-state index contributed by atoms with van der Waals surface area (Å²) in [6.45, 7) is 0. The van der Waals surface area contributed by atoms with E-state index >= 15 is 0 Å². The van der Waals surface area contributed by atoms with Crippen molar-refractivity contribution in [2.24, 2.45) is 21.6 Å². The first-order chi connectivity index (χ1) is 7.15. The molecule has 0 amide bonds. The summed E-state index contributed by atoms with van der Waals surface area (Å²) >= 11 is 11.7. The smallest absolute Gasteiger partial charge is 0.209 e. The van der Waals surface area contributed by atoms with E-state index in [9.17, 15) is 0 Å². The Balaban J connectivity index is 2.86. The molecular formula is C8H9Cl2N5. The SMILES string of the molecule is NNC(N)=NC=Nc1cccc(Cl)c1Cl. The van der Waals surface area contributed by atoms with Crippen LogP contribution in [0.4, 0.5) is 5.69 Å². The predicted molar refractivity (Wildman–Crippen MR) is 63.6 cm³/mol. The van der Waals surface area contributed by atoms with Crippen LogP contribution in [0.25, 0.3) is 0 Å². The third-order valence-corrected chi connectivity index (χ3v) is 2.28. The van der Waals surface area contributed by atoms with Gasteiger partial charge in [-0.2, -0.15) is 0 Å². The van der Waals surface area contributed by atoms with E-state index in [1.165, 1.54) is 6.34 Å². The van der Waals surface area contributed by atoms with Gasteiger partial charge in [0.15, 0.2) is 0 Å². The van der Waals surface area contributed by atoms with Crippen LogP contribution in [0.5, 0.6) is 0 Å². The number of hydrazine groups is 1. The Labute approximate surface area is 96.8 Å². The molecule has 0 aromatic heterocycles. The zero-order valence-corrected chi connectivity index (χ0v) is 9.13. The van der Waals surface area contributed by atoms with E-state index in [1.807, 2.05) is 0 Å². The van der Waals surface area contributed by atoms with Crippen LogP contribution in [0.3, 0.4) is 0 Å². The maximum Gasteiger partial charge on any atom is 0.209 e. The minimum absolute atomic E-state index is 0.0527. The lowest BCUT2D eigenvalue weighted by atomic mass is 10.3. The number of rotatable bonds is 2. The Morgan fingerprint density at radius 1 is 1.40 bits per heavy atom. The lowest BCUT2D eigenvalue weighted by molar-refractivity contribution is 1.01. The highest BCUT2D eigenvalue weighted by molar-refractivity contribution is 6.43. The van der Waals surface area contributed by atoms with Crippen molar-refractivity contribution >= 4 is 41.2 Å². The van der Waals surface area contributed by atoms with Gasteiger partial charge in [0.05, 0.1) is 15.7 Å². The van der Waals surface area contributed by atoms with Crippen LogP contribution in [0.2, 0.25) is 10.0 Å². The van der Waals surface area contributed by atoms with Crippen molar-refractivity contribution in [3.8, 4) is 0 Å². The topological polar surface area (TPSA) is 88.8 Å². The molecule has 0 heterocycles. The molecule has 5 N–H and O–H groups in total. The molecule has 1 rings (SSSR count). The molecular weight excluding hydrogens is 237 g/mol. The summed E-state index contributed by atoms with van der Waals surface area (Å²) < 4.78 is 0. The lowest BCUT2D eigenvalue weighted by Crippen LogP contribution is -2.36.